The van der Waals surface area contributed by atoms with Crippen LogP contribution in [0.1, 0.15) is 37.8 Å². The molecule has 1 aliphatic carbocycles. The standard InChI is InChI=1S/C26H29FN2O6/c1-25(2,3)35-23(32)28-12-16-13-29(15-26(16,27)22(30)31)24(33)34-14-21-19-10-6-4-8-17(19)18-9-5-7-11-20(18)21/h4-11,16,21H,12-15H2,1-3H3,(H,28,32)(H,30,31). The Bertz CT molecular complexity index is 1100. The monoisotopic (exact) mass is 484 g/mol. The number of carboxylic acids is 1. The molecule has 0 aromatic heterocycles. The van der Waals surface area contributed by atoms with Crippen LogP contribution in [0.15, 0.2) is 48.5 Å². The molecule has 2 aromatic carbocycles. The maximum atomic E-state index is 15.4. The van der Waals surface area contributed by atoms with Crippen LogP contribution in [0.5, 0.6) is 0 Å². The molecule has 8 nitrogen and oxygen atoms in total. The zero-order valence-electron chi connectivity index (χ0n) is 19.9. The number of alkyl halides is 1. The predicted molar refractivity (Wildman–Crippen MR) is 126 cm³/mol. The summed E-state index contributed by atoms with van der Waals surface area (Å²) < 4.78 is 26.1. The molecule has 1 heterocycles. The number of fused-ring (bicyclic) bond motifs is 3. The van der Waals surface area contributed by atoms with Gasteiger partial charge in [-0.3, -0.25) is 0 Å². The number of nitrogens with zero attached hydrogens (tertiary/aromatic N) is 1. The zero-order chi connectivity index (χ0) is 25.4. The molecule has 1 fully saturated rings. The molecule has 0 bridgehead atoms. The van der Waals surface area contributed by atoms with Gasteiger partial charge in [0.25, 0.3) is 0 Å². The van der Waals surface area contributed by atoms with Gasteiger partial charge in [-0.05, 0) is 43.0 Å². The molecule has 2 N–H and O–H groups in total. The minimum Gasteiger partial charge on any atom is -0.479 e. The smallest absolute Gasteiger partial charge is 0.409 e. The van der Waals surface area contributed by atoms with Crippen LogP contribution < -0.4 is 5.32 Å². The first-order chi connectivity index (χ1) is 16.5. The van der Waals surface area contributed by atoms with E-state index in [0.29, 0.717) is 0 Å². The van der Waals surface area contributed by atoms with Crippen LogP contribution in [-0.2, 0) is 14.3 Å². The molecule has 186 valence electrons. The molecule has 0 radical (unpaired) electrons. The molecule has 4 rings (SSSR count). The Balaban J connectivity index is 1.42. The summed E-state index contributed by atoms with van der Waals surface area (Å²) in [6.45, 7) is 3.89. The van der Waals surface area contributed by atoms with Crippen molar-refractivity contribution in [3.05, 3.63) is 59.7 Å². The molecule has 2 atom stereocenters. The normalized spacial score (nSPS) is 21.3. The van der Waals surface area contributed by atoms with Crippen LogP contribution in [0.2, 0.25) is 0 Å². The summed E-state index contributed by atoms with van der Waals surface area (Å²) in [5.74, 6) is -3.02. The molecular formula is C26H29FN2O6. The third-order valence-electron chi connectivity index (χ3n) is 6.35. The lowest BCUT2D eigenvalue weighted by Crippen LogP contribution is -2.47. The van der Waals surface area contributed by atoms with Gasteiger partial charge < -0.3 is 24.8 Å². The first kappa shape index (κ1) is 24.5. The average Bonchev–Trinajstić information content (AvgIpc) is 3.31. The number of hydrogen-bond donors (Lipinski definition) is 2. The Morgan fingerprint density at radius 2 is 1.66 bits per heavy atom. The van der Waals surface area contributed by atoms with E-state index in [-0.39, 0.29) is 25.6 Å². The van der Waals surface area contributed by atoms with E-state index < -0.39 is 41.9 Å². The zero-order valence-corrected chi connectivity index (χ0v) is 19.9. The van der Waals surface area contributed by atoms with E-state index in [1.807, 2.05) is 48.5 Å². The number of carbonyl (C=O) groups excluding carboxylic acids is 2. The number of aliphatic carboxylic acids is 1. The van der Waals surface area contributed by atoms with Crippen molar-refractivity contribution in [2.45, 2.75) is 38.0 Å². The summed E-state index contributed by atoms with van der Waals surface area (Å²) in [6, 6.07) is 15.8. The molecule has 2 amide bonds. The van der Waals surface area contributed by atoms with E-state index >= 15 is 4.39 Å². The Hall–Kier alpha value is -3.62. The number of amides is 2. The van der Waals surface area contributed by atoms with Crippen LogP contribution in [0.25, 0.3) is 11.1 Å². The molecule has 2 aromatic rings. The van der Waals surface area contributed by atoms with Crippen molar-refractivity contribution in [1.82, 2.24) is 10.2 Å². The van der Waals surface area contributed by atoms with Crippen LogP contribution in [0.4, 0.5) is 14.0 Å². The number of hydrogen-bond acceptors (Lipinski definition) is 5. The highest BCUT2D eigenvalue weighted by atomic mass is 19.1. The average molecular weight is 485 g/mol. The molecule has 0 spiro atoms. The first-order valence-electron chi connectivity index (χ1n) is 11.5. The van der Waals surface area contributed by atoms with Crippen molar-refractivity contribution in [2.75, 3.05) is 26.2 Å². The van der Waals surface area contributed by atoms with E-state index in [9.17, 15) is 19.5 Å². The lowest BCUT2D eigenvalue weighted by molar-refractivity contribution is -0.152. The van der Waals surface area contributed by atoms with Gasteiger partial charge in [0, 0.05) is 24.9 Å². The van der Waals surface area contributed by atoms with Crippen molar-refractivity contribution >= 4 is 18.2 Å². The van der Waals surface area contributed by atoms with Crippen LogP contribution in [-0.4, -0.2) is 65.7 Å². The Labute approximate surface area is 203 Å². The van der Waals surface area contributed by atoms with Gasteiger partial charge in [-0.25, -0.2) is 18.8 Å². The highest BCUT2D eigenvalue weighted by Crippen LogP contribution is 2.44. The van der Waals surface area contributed by atoms with Crippen molar-refractivity contribution in [1.29, 1.82) is 0 Å². The molecule has 35 heavy (non-hydrogen) atoms. The lowest BCUT2D eigenvalue weighted by atomic mass is 9.93. The van der Waals surface area contributed by atoms with Gasteiger partial charge >= 0.3 is 18.2 Å². The second kappa shape index (κ2) is 9.20. The largest absolute Gasteiger partial charge is 0.479 e. The van der Waals surface area contributed by atoms with Crippen molar-refractivity contribution < 1.29 is 33.4 Å². The Morgan fingerprint density at radius 3 is 2.20 bits per heavy atom. The number of nitrogens with one attached hydrogen (secondary N) is 1. The predicted octanol–water partition coefficient (Wildman–Crippen LogP) is 4.18. The van der Waals surface area contributed by atoms with Gasteiger partial charge in [0.2, 0.25) is 5.67 Å². The molecule has 1 saturated heterocycles. The van der Waals surface area contributed by atoms with Crippen molar-refractivity contribution in [3.8, 4) is 11.1 Å². The molecule has 0 saturated carbocycles. The number of carbonyl (C=O) groups is 3. The third-order valence-corrected chi connectivity index (χ3v) is 6.35. The number of carboxylic acid groups (broad SMARTS) is 1. The summed E-state index contributed by atoms with van der Waals surface area (Å²) >= 11 is 0. The van der Waals surface area contributed by atoms with Crippen molar-refractivity contribution in [2.24, 2.45) is 5.92 Å². The van der Waals surface area contributed by atoms with Crippen LogP contribution in [0, 0.1) is 5.92 Å². The van der Waals surface area contributed by atoms with Gasteiger partial charge in [-0.15, -0.1) is 0 Å². The SMILES string of the molecule is CC(C)(C)OC(=O)NCC1CN(C(=O)OCC2c3ccccc3-c3ccccc32)CC1(F)C(=O)O. The second-order valence-electron chi connectivity index (χ2n) is 9.93. The van der Waals surface area contributed by atoms with Crippen LogP contribution in [0.3, 0.4) is 0 Å². The van der Waals surface area contributed by atoms with Gasteiger partial charge in [-0.1, -0.05) is 48.5 Å². The first-order valence-corrected chi connectivity index (χ1v) is 11.5. The summed E-state index contributed by atoms with van der Waals surface area (Å²) in [5, 5.41) is 11.9. The minimum atomic E-state index is -2.72. The Kier molecular flexibility index (Phi) is 6.44. The molecule has 1 aliphatic heterocycles. The number of benzene rings is 2. The fourth-order valence-corrected chi connectivity index (χ4v) is 4.70. The van der Waals surface area contributed by atoms with E-state index in [0.717, 1.165) is 27.2 Å². The van der Waals surface area contributed by atoms with E-state index in [4.69, 9.17) is 9.47 Å². The number of halogens is 1. The topological polar surface area (TPSA) is 105 Å². The highest BCUT2D eigenvalue weighted by molar-refractivity contribution is 5.81. The minimum absolute atomic E-state index is 0.0382. The molecular weight excluding hydrogens is 455 g/mol. The number of alkyl carbamates (subject to hydrolysis) is 1. The maximum Gasteiger partial charge on any atom is 0.409 e. The third kappa shape index (κ3) is 4.94. The maximum absolute atomic E-state index is 15.4. The summed E-state index contributed by atoms with van der Waals surface area (Å²) in [6.07, 6.45) is -1.58. The summed E-state index contributed by atoms with van der Waals surface area (Å²) in [7, 11) is 0. The molecule has 2 unspecified atom stereocenters. The van der Waals surface area contributed by atoms with E-state index in [1.165, 1.54) is 0 Å². The highest BCUT2D eigenvalue weighted by Gasteiger charge is 2.55. The number of rotatable bonds is 5. The second-order valence-corrected chi connectivity index (χ2v) is 9.93. The van der Waals surface area contributed by atoms with Gasteiger partial charge in [0.05, 0.1) is 6.54 Å². The fourth-order valence-electron chi connectivity index (χ4n) is 4.70. The number of likely N-dealkylation sites (tertiary alicyclic amines) is 1. The van der Waals surface area contributed by atoms with Gasteiger partial charge in [0.15, 0.2) is 0 Å². The van der Waals surface area contributed by atoms with Crippen LogP contribution >= 0.6 is 0 Å². The molecule has 2 aliphatic rings. The fraction of sp³-hybridized carbons (Fsp3) is 0.423. The Morgan fingerprint density at radius 1 is 1.09 bits per heavy atom. The van der Waals surface area contributed by atoms with E-state index in [2.05, 4.69) is 5.32 Å². The quantitative estimate of drug-likeness (QED) is 0.660. The summed E-state index contributed by atoms with van der Waals surface area (Å²) in [4.78, 5) is 37.6. The van der Waals surface area contributed by atoms with Gasteiger partial charge in [0.1, 0.15) is 12.2 Å². The van der Waals surface area contributed by atoms with E-state index in [1.54, 1.807) is 20.8 Å². The number of ether oxygens (including phenoxy) is 2. The summed E-state index contributed by atoms with van der Waals surface area (Å²) in [5.41, 5.74) is 0.743. The van der Waals surface area contributed by atoms with Crippen molar-refractivity contribution in [3.63, 3.8) is 0 Å². The lowest BCUT2D eigenvalue weighted by Gasteiger charge is -2.23. The van der Waals surface area contributed by atoms with Gasteiger partial charge in [-0.2, -0.15) is 0 Å². The molecule has 9 heteroatoms.